The third-order valence-electron chi connectivity index (χ3n) is 7.16. The Morgan fingerprint density at radius 3 is 2.64 bits per heavy atom. The number of carbonyl (C=O) groups is 2. The predicted molar refractivity (Wildman–Crippen MR) is 141 cm³/mol. The minimum atomic E-state index is -0.863. The number of carbonyl (C=O) groups excluding carboxylic acids is 2. The van der Waals surface area contributed by atoms with Gasteiger partial charge in [0.25, 0.3) is 0 Å². The predicted octanol–water partition coefficient (Wildman–Crippen LogP) is 6.24. The van der Waals surface area contributed by atoms with E-state index in [4.69, 9.17) is 28.5 Å². The van der Waals surface area contributed by atoms with Crippen molar-refractivity contribution < 1.29 is 9.59 Å². The lowest BCUT2D eigenvalue weighted by Gasteiger charge is -2.42. The van der Waals surface area contributed by atoms with Crippen LogP contribution < -0.4 is 10.6 Å². The molecule has 3 amide bonds. The summed E-state index contributed by atoms with van der Waals surface area (Å²) in [4.78, 5) is 28.7. The van der Waals surface area contributed by atoms with E-state index in [1.807, 2.05) is 36.4 Å². The molecule has 1 fully saturated rings. The Labute approximate surface area is 219 Å². The Kier molecular flexibility index (Phi) is 6.61. The first kappa shape index (κ1) is 24.2. The number of nitrogens with zero attached hydrogens (tertiary/aromatic N) is 2. The average molecular weight is 519 g/mol. The molecule has 0 saturated carbocycles. The molecule has 2 aliphatic rings. The van der Waals surface area contributed by atoms with E-state index in [9.17, 15) is 9.59 Å². The minimum Gasteiger partial charge on any atom is -0.325 e. The van der Waals surface area contributed by atoms with Crippen molar-refractivity contribution in [2.45, 2.75) is 24.7 Å². The van der Waals surface area contributed by atoms with Crippen LogP contribution in [0.1, 0.15) is 29.5 Å². The zero-order valence-corrected chi connectivity index (χ0v) is 20.9. The number of rotatable bonds is 4. The molecule has 0 bridgehead atoms. The molecule has 5 rings (SSSR count). The Bertz CT molecular complexity index is 1370. The highest BCUT2D eigenvalue weighted by Crippen LogP contribution is 2.49. The summed E-state index contributed by atoms with van der Waals surface area (Å²) < 4.78 is 0. The van der Waals surface area contributed by atoms with Crippen molar-refractivity contribution in [3.63, 3.8) is 0 Å². The third-order valence-corrected chi connectivity index (χ3v) is 7.63. The van der Waals surface area contributed by atoms with Crippen molar-refractivity contribution in [3.8, 4) is 6.07 Å². The lowest BCUT2D eigenvalue weighted by Crippen LogP contribution is -2.52. The lowest BCUT2D eigenvalue weighted by atomic mass is 9.65. The van der Waals surface area contributed by atoms with Gasteiger partial charge in [0.15, 0.2) is 0 Å². The molecule has 2 unspecified atom stereocenters. The van der Waals surface area contributed by atoms with Crippen molar-refractivity contribution in [1.82, 2.24) is 4.90 Å². The number of hydrogen-bond donors (Lipinski definition) is 2. The smallest absolute Gasteiger partial charge is 0.321 e. The molecule has 0 aliphatic carbocycles. The van der Waals surface area contributed by atoms with Crippen molar-refractivity contribution >= 4 is 46.5 Å². The van der Waals surface area contributed by atoms with Gasteiger partial charge in [-0.3, -0.25) is 4.79 Å². The maximum absolute atomic E-state index is 13.7. The highest BCUT2D eigenvalue weighted by molar-refractivity contribution is 6.31. The number of urea groups is 1. The molecular weight excluding hydrogens is 495 g/mol. The van der Waals surface area contributed by atoms with Crippen LogP contribution >= 0.6 is 23.2 Å². The van der Waals surface area contributed by atoms with Crippen LogP contribution in [0.2, 0.25) is 10.0 Å². The fourth-order valence-electron chi connectivity index (χ4n) is 5.45. The second-order valence-electron chi connectivity index (χ2n) is 9.33. The molecule has 2 aliphatic heterocycles. The summed E-state index contributed by atoms with van der Waals surface area (Å²) in [6.07, 6.45) is 2.04. The number of anilines is 2. The Morgan fingerprint density at radius 2 is 1.89 bits per heavy atom. The quantitative estimate of drug-likeness (QED) is 0.428. The molecule has 6 nitrogen and oxygen atoms in total. The van der Waals surface area contributed by atoms with Gasteiger partial charge in [0.1, 0.15) is 0 Å². The third kappa shape index (κ3) is 4.53. The van der Waals surface area contributed by atoms with Gasteiger partial charge in [-0.05, 0) is 84.8 Å². The number of nitriles is 1. The summed E-state index contributed by atoms with van der Waals surface area (Å²) in [6, 6.07) is 21.7. The van der Waals surface area contributed by atoms with E-state index in [-0.39, 0.29) is 17.9 Å². The summed E-state index contributed by atoms with van der Waals surface area (Å²) in [5, 5.41) is 16.2. The van der Waals surface area contributed by atoms with Gasteiger partial charge in [-0.2, -0.15) is 5.26 Å². The zero-order valence-electron chi connectivity index (χ0n) is 19.4. The second-order valence-corrected chi connectivity index (χ2v) is 10.2. The summed E-state index contributed by atoms with van der Waals surface area (Å²) in [6.45, 7) is 1.03. The molecule has 2 N–H and O–H groups in total. The van der Waals surface area contributed by atoms with Crippen LogP contribution in [-0.4, -0.2) is 29.9 Å². The van der Waals surface area contributed by atoms with Crippen molar-refractivity contribution in [2.24, 2.45) is 5.92 Å². The highest BCUT2D eigenvalue weighted by atomic mass is 35.5. The van der Waals surface area contributed by atoms with Gasteiger partial charge >= 0.3 is 6.03 Å². The first-order chi connectivity index (χ1) is 17.4. The number of nitrogens with one attached hydrogen (secondary N) is 2. The Balaban J connectivity index is 1.46. The second kappa shape index (κ2) is 9.85. The normalized spacial score (nSPS) is 20.9. The average Bonchev–Trinajstić information content (AvgIpc) is 3.15. The van der Waals surface area contributed by atoms with Gasteiger partial charge in [0.2, 0.25) is 5.91 Å². The van der Waals surface area contributed by atoms with Gasteiger partial charge in [-0.1, -0.05) is 41.4 Å². The lowest BCUT2D eigenvalue weighted by molar-refractivity contribution is -0.123. The van der Waals surface area contributed by atoms with E-state index >= 15 is 0 Å². The molecule has 2 heterocycles. The van der Waals surface area contributed by atoms with Crippen LogP contribution in [0.25, 0.3) is 0 Å². The zero-order chi connectivity index (χ0) is 25.3. The van der Waals surface area contributed by atoms with Crippen LogP contribution in [0.4, 0.5) is 16.2 Å². The van der Waals surface area contributed by atoms with E-state index in [0.29, 0.717) is 46.5 Å². The summed E-state index contributed by atoms with van der Waals surface area (Å²) in [5.74, 6) is -0.196. The molecular formula is C28H24Cl2N4O2. The first-order valence-corrected chi connectivity index (χ1v) is 12.6. The number of benzene rings is 3. The number of piperidine rings is 1. The molecule has 0 aromatic heterocycles. The summed E-state index contributed by atoms with van der Waals surface area (Å²) in [7, 11) is 0. The van der Waals surface area contributed by atoms with Crippen molar-refractivity contribution in [2.75, 3.05) is 23.7 Å². The number of fused-ring (bicyclic) bond motifs is 1. The highest BCUT2D eigenvalue weighted by Gasteiger charge is 2.53. The molecule has 3 aromatic carbocycles. The standard InChI is InChI=1S/C28H24Cl2N4O2/c29-21-5-1-3-19(13-21)15-28(24-11-8-22(30)14-25(24)33-26(28)35)20-4-2-12-34(17-20)27(36)32-23-9-6-18(16-31)7-10-23/h1,3,5-11,13-14,20H,2,4,12,15,17H2,(H,32,36)(H,33,35). The monoisotopic (exact) mass is 518 g/mol. The van der Waals surface area contributed by atoms with E-state index in [1.165, 1.54) is 0 Å². The van der Waals surface area contributed by atoms with E-state index in [1.54, 1.807) is 35.2 Å². The molecule has 182 valence electrons. The SMILES string of the molecule is N#Cc1ccc(NC(=O)N2CCCC(C3(Cc4cccc(Cl)c4)C(=O)Nc4cc(Cl)ccc43)C2)cc1. The molecule has 3 aromatic rings. The maximum Gasteiger partial charge on any atom is 0.321 e. The van der Waals surface area contributed by atoms with E-state index in [2.05, 4.69) is 16.7 Å². The van der Waals surface area contributed by atoms with Crippen LogP contribution in [-0.2, 0) is 16.6 Å². The minimum absolute atomic E-state index is 0.0842. The number of amides is 3. The Hall–Kier alpha value is -3.53. The Morgan fingerprint density at radius 1 is 1.11 bits per heavy atom. The van der Waals surface area contributed by atoms with Crippen LogP contribution in [0.3, 0.4) is 0 Å². The maximum atomic E-state index is 13.7. The van der Waals surface area contributed by atoms with Gasteiger partial charge in [-0.15, -0.1) is 0 Å². The van der Waals surface area contributed by atoms with Crippen LogP contribution in [0, 0.1) is 17.2 Å². The molecule has 36 heavy (non-hydrogen) atoms. The number of halogens is 2. The van der Waals surface area contributed by atoms with E-state index < -0.39 is 5.41 Å². The fourth-order valence-corrected chi connectivity index (χ4v) is 5.84. The first-order valence-electron chi connectivity index (χ1n) is 11.8. The van der Waals surface area contributed by atoms with Gasteiger partial charge in [-0.25, -0.2) is 4.79 Å². The molecule has 0 radical (unpaired) electrons. The number of hydrogen-bond acceptors (Lipinski definition) is 3. The van der Waals surface area contributed by atoms with Gasteiger partial charge in [0.05, 0.1) is 17.0 Å². The topological polar surface area (TPSA) is 85.2 Å². The molecule has 8 heteroatoms. The van der Waals surface area contributed by atoms with Gasteiger partial charge < -0.3 is 15.5 Å². The van der Waals surface area contributed by atoms with Crippen molar-refractivity contribution in [1.29, 1.82) is 5.26 Å². The summed E-state index contributed by atoms with van der Waals surface area (Å²) in [5.41, 5.74) is 2.86. The molecule has 2 atom stereocenters. The van der Waals surface area contributed by atoms with Gasteiger partial charge in [0, 0.05) is 34.5 Å². The largest absolute Gasteiger partial charge is 0.325 e. The van der Waals surface area contributed by atoms with Crippen LogP contribution in [0.15, 0.2) is 66.7 Å². The fraction of sp³-hybridized carbons (Fsp3) is 0.250. The van der Waals surface area contributed by atoms with E-state index in [0.717, 1.165) is 24.0 Å². The molecule has 1 saturated heterocycles. The summed E-state index contributed by atoms with van der Waals surface area (Å²) >= 11 is 12.5. The number of likely N-dealkylation sites (tertiary alicyclic amines) is 1. The molecule has 0 spiro atoms. The van der Waals surface area contributed by atoms with Crippen molar-refractivity contribution in [3.05, 3.63) is 93.5 Å². The van der Waals surface area contributed by atoms with Crippen LogP contribution in [0.5, 0.6) is 0 Å².